The van der Waals surface area contributed by atoms with Gasteiger partial charge in [0.1, 0.15) is 6.54 Å². The Morgan fingerprint density at radius 1 is 1.03 bits per heavy atom. The fourth-order valence-electron chi connectivity index (χ4n) is 3.27. The molecule has 0 saturated heterocycles. The Morgan fingerprint density at radius 2 is 1.77 bits per heavy atom. The average Bonchev–Trinajstić information content (AvgIpc) is 3.40. The Balaban J connectivity index is 1.76. The number of hydrogen-bond acceptors (Lipinski definition) is 2. The number of hydrogen-bond donors (Lipinski definition) is 1. The van der Waals surface area contributed by atoms with Crippen LogP contribution >= 0.6 is 11.6 Å². The third kappa shape index (κ3) is 4.04. The SMILES string of the molecule is Cc1ccc(-c2ccc(-c3ccccc3Cl)n2CC(=O)/N=C(/N)n2cccn2)cc1. The van der Waals surface area contributed by atoms with Gasteiger partial charge in [-0.25, -0.2) is 4.68 Å². The van der Waals surface area contributed by atoms with Crippen LogP contribution < -0.4 is 5.73 Å². The lowest BCUT2D eigenvalue weighted by atomic mass is 10.1. The summed E-state index contributed by atoms with van der Waals surface area (Å²) in [6.07, 6.45) is 3.21. The normalized spacial score (nSPS) is 11.6. The van der Waals surface area contributed by atoms with E-state index in [0.29, 0.717) is 5.02 Å². The highest BCUT2D eigenvalue weighted by molar-refractivity contribution is 6.33. The van der Waals surface area contributed by atoms with Crippen LogP contribution in [0.15, 0.2) is 84.1 Å². The summed E-state index contributed by atoms with van der Waals surface area (Å²) in [7, 11) is 0. The summed E-state index contributed by atoms with van der Waals surface area (Å²) in [6.45, 7) is 2.05. The van der Waals surface area contributed by atoms with E-state index in [1.165, 1.54) is 4.68 Å². The standard InChI is InChI=1S/C23H20ClN5O/c1-16-7-9-17(10-8-16)20-11-12-21(18-5-2-3-6-19(18)24)28(20)15-22(30)27-23(25)29-14-4-13-26-29/h2-14H,15H2,1H3,(H2,25,27,30). The maximum absolute atomic E-state index is 12.8. The number of nitrogens with zero attached hydrogens (tertiary/aromatic N) is 4. The molecule has 0 unspecified atom stereocenters. The molecule has 0 spiro atoms. The fourth-order valence-corrected chi connectivity index (χ4v) is 3.50. The summed E-state index contributed by atoms with van der Waals surface area (Å²) >= 11 is 6.44. The lowest BCUT2D eigenvalue weighted by Gasteiger charge is -2.14. The van der Waals surface area contributed by atoms with Crippen LogP contribution in [-0.4, -0.2) is 26.2 Å². The number of aliphatic imine (C=N–C) groups is 1. The van der Waals surface area contributed by atoms with Crippen LogP contribution in [0.25, 0.3) is 22.5 Å². The van der Waals surface area contributed by atoms with Gasteiger partial charge in [-0.15, -0.1) is 0 Å². The maximum Gasteiger partial charge on any atom is 0.268 e. The summed E-state index contributed by atoms with van der Waals surface area (Å²) < 4.78 is 3.26. The van der Waals surface area contributed by atoms with Gasteiger partial charge >= 0.3 is 0 Å². The van der Waals surface area contributed by atoms with Crippen molar-refractivity contribution in [3.05, 3.63) is 89.7 Å². The Bertz CT molecular complexity index is 1210. The second-order valence-corrected chi connectivity index (χ2v) is 7.26. The molecule has 0 aliphatic carbocycles. The molecule has 4 rings (SSSR count). The number of rotatable bonds is 4. The molecule has 0 atom stereocenters. The van der Waals surface area contributed by atoms with Crippen molar-refractivity contribution in [2.45, 2.75) is 13.5 Å². The van der Waals surface area contributed by atoms with Crippen LogP contribution in [0.1, 0.15) is 5.56 Å². The zero-order chi connectivity index (χ0) is 21.1. The number of amides is 1. The van der Waals surface area contributed by atoms with Crippen molar-refractivity contribution in [2.24, 2.45) is 10.7 Å². The molecule has 2 aromatic heterocycles. The topological polar surface area (TPSA) is 78.2 Å². The number of benzene rings is 2. The van der Waals surface area contributed by atoms with Crippen LogP contribution in [0.5, 0.6) is 0 Å². The molecule has 0 fully saturated rings. The van der Waals surface area contributed by atoms with Gasteiger partial charge in [0, 0.05) is 28.7 Å². The number of carbonyl (C=O) groups excluding carboxylic acids is 1. The highest BCUT2D eigenvalue weighted by Crippen LogP contribution is 2.33. The minimum atomic E-state index is -0.388. The molecule has 7 heteroatoms. The Morgan fingerprint density at radius 3 is 2.47 bits per heavy atom. The highest BCUT2D eigenvalue weighted by atomic mass is 35.5. The van der Waals surface area contributed by atoms with Crippen molar-refractivity contribution in [3.8, 4) is 22.5 Å². The van der Waals surface area contributed by atoms with E-state index < -0.39 is 0 Å². The molecule has 0 radical (unpaired) electrons. The van der Waals surface area contributed by atoms with E-state index in [9.17, 15) is 4.79 Å². The quantitative estimate of drug-likeness (QED) is 0.395. The fraction of sp³-hybridized carbons (Fsp3) is 0.0870. The Hall–Kier alpha value is -3.64. The van der Waals surface area contributed by atoms with E-state index in [1.54, 1.807) is 18.5 Å². The van der Waals surface area contributed by atoms with Crippen LogP contribution in [0.2, 0.25) is 5.02 Å². The van der Waals surface area contributed by atoms with Crippen LogP contribution in [0.3, 0.4) is 0 Å². The largest absolute Gasteiger partial charge is 0.368 e. The van der Waals surface area contributed by atoms with Gasteiger partial charge in [0.15, 0.2) is 0 Å². The molecule has 6 nitrogen and oxygen atoms in total. The molecule has 2 N–H and O–H groups in total. The lowest BCUT2D eigenvalue weighted by molar-refractivity contribution is -0.118. The van der Waals surface area contributed by atoms with Crippen molar-refractivity contribution < 1.29 is 4.79 Å². The van der Waals surface area contributed by atoms with Crippen molar-refractivity contribution in [3.63, 3.8) is 0 Å². The lowest BCUT2D eigenvalue weighted by Crippen LogP contribution is -2.25. The number of carbonyl (C=O) groups is 1. The van der Waals surface area contributed by atoms with E-state index in [-0.39, 0.29) is 18.4 Å². The van der Waals surface area contributed by atoms with Crippen molar-refractivity contribution in [1.29, 1.82) is 0 Å². The average molecular weight is 418 g/mol. The van der Waals surface area contributed by atoms with Crippen molar-refractivity contribution in [1.82, 2.24) is 14.3 Å². The number of aromatic nitrogens is 3. The molecule has 2 heterocycles. The smallest absolute Gasteiger partial charge is 0.268 e. The number of aryl methyl sites for hydroxylation is 1. The molecule has 0 bridgehead atoms. The third-order valence-electron chi connectivity index (χ3n) is 4.75. The second-order valence-electron chi connectivity index (χ2n) is 6.85. The van der Waals surface area contributed by atoms with Crippen LogP contribution in [0.4, 0.5) is 0 Å². The minimum absolute atomic E-state index is 0.0126. The van der Waals surface area contributed by atoms with E-state index >= 15 is 0 Å². The summed E-state index contributed by atoms with van der Waals surface area (Å²) in [5.74, 6) is -0.366. The molecule has 0 aliphatic rings. The van der Waals surface area contributed by atoms with Gasteiger partial charge in [0.2, 0.25) is 5.96 Å². The molecule has 0 saturated carbocycles. The molecule has 1 amide bonds. The second kappa shape index (κ2) is 8.39. The van der Waals surface area contributed by atoms with Crippen molar-refractivity contribution in [2.75, 3.05) is 0 Å². The Kier molecular flexibility index (Phi) is 5.50. The van der Waals surface area contributed by atoms with Crippen LogP contribution in [0, 0.1) is 6.92 Å². The van der Waals surface area contributed by atoms with Gasteiger partial charge in [0.05, 0.1) is 5.69 Å². The predicted octanol–water partition coefficient (Wildman–Crippen LogP) is 4.37. The van der Waals surface area contributed by atoms with E-state index in [1.807, 2.05) is 72.2 Å². The first kappa shape index (κ1) is 19.7. The summed E-state index contributed by atoms with van der Waals surface area (Å²) in [4.78, 5) is 16.8. The molecular weight excluding hydrogens is 398 g/mol. The van der Waals surface area contributed by atoms with Gasteiger partial charge in [-0.3, -0.25) is 4.79 Å². The predicted molar refractivity (Wildman–Crippen MR) is 119 cm³/mol. The Labute approximate surface area is 179 Å². The van der Waals surface area contributed by atoms with Crippen LogP contribution in [-0.2, 0) is 11.3 Å². The zero-order valence-electron chi connectivity index (χ0n) is 16.4. The maximum atomic E-state index is 12.8. The molecule has 150 valence electrons. The summed E-state index contributed by atoms with van der Waals surface area (Å²) in [5, 5.41) is 4.61. The van der Waals surface area contributed by atoms with E-state index in [0.717, 1.165) is 28.1 Å². The van der Waals surface area contributed by atoms with Gasteiger partial charge < -0.3 is 10.3 Å². The number of nitrogens with two attached hydrogens (primary N) is 1. The van der Waals surface area contributed by atoms with Gasteiger partial charge in [-0.05, 0) is 36.8 Å². The van der Waals surface area contributed by atoms with Gasteiger partial charge in [0.25, 0.3) is 5.91 Å². The number of halogens is 1. The summed E-state index contributed by atoms with van der Waals surface area (Å²) in [6, 6.07) is 21.3. The molecule has 2 aromatic carbocycles. The zero-order valence-corrected chi connectivity index (χ0v) is 17.1. The summed E-state index contributed by atoms with van der Waals surface area (Å²) in [5.41, 5.74) is 10.6. The third-order valence-corrected chi connectivity index (χ3v) is 5.08. The molecule has 4 aromatic rings. The van der Waals surface area contributed by atoms with Gasteiger partial charge in [-0.1, -0.05) is 59.6 Å². The van der Waals surface area contributed by atoms with E-state index in [2.05, 4.69) is 10.1 Å². The van der Waals surface area contributed by atoms with Gasteiger partial charge in [-0.2, -0.15) is 10.1 Å². The van der Waals surface area contributed by atoms with E-state index in [4.69, 9.17) is 17.3 Å². The monoisotopic (exact) mass is 417 g/mol. The molecule has 30 heavy (non-hydrogen) atoms. The first-order valence-electron chi connectivity index (χ1n) is 9.41. The first-order chi connectivity index (χ1) is 14.5. The minimum Gasteiger partial charge on any atom is -0.368 e. The van der Waals surface area contributed by atoms with Crippen molar-refractivity contribution >= 4 is 23.5 Å². The first-order valence-corrected chi connectivity index (χ1v) is 9.79. The molecule has 0 aliphatic heterocycles. The highest BCUT2D eigenvalue weighted by Gasteiger charge is 2.16. The molecular formula is C23H20ClN5O.